The molecule has 1 aromatic carbocycles. The van der Waals surface area contributed by atoms with Gasteiger partial charge in [0.05, 0.1) is 0 Å². The van der Waals surface area contributed by atoms with Crippen LogP contribution in [0.15, 0.2) is 18.2 Å². The Hall–Kier alpha value is -1.62. The fourth-order valence-corrected chi connectivity index (χ4v) is 2.04. The molecule has 0 saturated heterocycles. The highest BCUT2D eigenvalue weighted by Crippen LogP contribution is 2.25. The number of amides is 1. The van der Waals surface area contributed by atoms with Crippen molar-refractivity contribution in [3.63, 3.8) is 0 Å². The van der Waals surface area contributed by atoms with Gasteiger partial charge in [0, 0.05) is 17.6 Å². The second-order valence-electron chi connectivity index (χ2n) is 5.25. The molecule has 0 aliphatic heterocycles. The zero-order valence-corrected chi connectivity index (χ0v) is 13.2. The number of nitrogens with two attached hydrogens (primary N) is 1. The average Bonchev–Trinajstić information content (AvgIpc) is 2.45. The van der Waals surface area contributed by atoms with E-state index in [2.05, 4.69) is 5.32 Å². The summed E-state index contributed by atoms with van der Waals surface area (Å²) >= 11 is 0. The zero-order chi connectivity index (χ0) is 16.0. The van der Waals surface area contributed by atoms with Crippen LogP contribution in [0.4, 0.5) is 4.39 Å². The van der Waals surface area contributed by atoms with Crippen LogP contribution in [0.2, 0.25) is 0 Å². The van der Waals surface area contributed by atoms with Crippen molar-refractivity contribution in [1.29, 1.82) is 0 Å². The first-order valence-electron chi connectivity index (χ1n) is 7.41. The predicted molar refractivity (Wildman–Crippen MR) is 81.6 cm³/mol. The maximum Gasteiger partial charge on any atom is 0.260 e. The van der Waals surface area contributed by atoms with Gasteiger partial charge in [0.25, 0.3) is 5.91 Å². The molecule has 1 aromatic rings. The molecule has 3 N–H and O–H groups in total. The van der Waals surface area contributed by atoms with Gasteiger partial charge in [-0.15, -0.1) is 0 Å². The predicted octanol–water partition coefficient (Wildman–Crippen LogP) is 2.92. The van der Waals surface area contributed by atoms with Gasteiger partial charge in [-0.3, -0.25) is 4.79 Å². The van der Waals surface area contributed by atoms with Crippen LogP contribution in [0.5, 0.6) is 5.75 Å². The Bertz CT molecular complexity index is 473. The minimum absolute atomic E-state index is 0.143. The molecule has 0 radical (unpaired) electrons. The molecule has 21 heavy (non-hydrogen) atoms. The Morgan fingerprint density at radius 1 is 1.33 bits per heavy atom. The smallest absolute Gasteiger partial charge is 0.260 e. The minimum Gasteiger partial charge on any atom is -0.481 e. The van der Waals surface area contributed by atoms with Crippen molar-refractivity contribution < 1.29 is 13.9 Å². The third-order valence-corrected chi connectivity index (χ3v) is 3.47. The highest BCUT2D eigenvalue weighted by molar-refractivity contribution is 5.81. The highest BCUT2D eigenvalue weighted by atomic mass is 19.1. The topological polar surface area (TPSA) is 64.3 Å². The number of carbonyl (C=O) groups is 1. The lowest BCUT2D eigenvalue weighted by Gasteiger charge is -2.21. The van der Waals surface area contributed by atoms with E-state index in [1.807, 2.05) is 13.8 Å². The summed E-state index contributed by atoms with van der Waals surface area (Å²) in [5.41, 5.74) is 6.36. The van der Waals surface area contributed by atoms with E-state index in [1.165, 1.54) is 18.2 Å². The highest BCUT2D eigenvalue weighted by Gasteiger charge is 2.19. The fourth-order valence-electron chi connectivity index (χ4n) is 2.04. The summed E-state index contributed by atoms with van der Waals surface area (Å²) in [4.78, 5) is 12.1. The molecule has 0 fully saturated rings. The van der Waals surface area contributed by atoms with Crippen LogP contribution >= 0.6 is 0 Å². The Morgan fingerprint density at radius 3 is 2.48 bits per heavy atom. The van der Waals surface area contributed by atoms with E-state index in [1.54, 1.807) is 13.8 Å². The molecule has 2 atom stereocenters. The van der Waals surface area contributed by atoms with Gasteiger partial charge in [-0.2, -0.15) is 0 Å². The Balaban J connectivity index is 2.78. The number of halogens is 1. The molecule has 118 valence electrons. The largest absolute Gasteiger partial charge is 0.481 e. The normalized spacial score (nSPS) is 13.9. The van der Waals surface area contributed by atoms with Crippen LogP contribution in [0.3, 0.4) is 0 Å². The molecular weight excluding hydrogens is 271 g/mol. The first kappa shape index (κ1) is 17.4. The van der Waals surface area contributed by atoms with Crippen molar-refractivity contribution in [3.05, 3.63) is 29.6 Å². The maximum absolute atomic E-state index is 13.3. The number of benzene rings is 1. The monoisotopic (exact) mass is 296 g/mol. The van der Waals surface area contributed by atoms with Crippen molar-refractivity contribution in [2.45, 2.75) is 58.7 Å². The van der Waals surface area contributed by atoms with Crippen molar-refractivity contribution >= 4 is 5.91 Å². The number of hydrogen-bond donors (Lipinski definition) is 2. The van der Waals surface area contributed by atoms with Gasteiger partial charge < -0.3 is 15.8 Å². The Labute approximate surface area is 125 Å². The summed E-state index contributed by atoms with van der Waals surface area (Å²) in [6.07, 6.45) is 1.08. The van der Waals surface area contributed by atoms with Crippen LogP contribution < -0.4 is 15.8 Å². The molecule has 0 bridgehead atoms. The summed E-state index contributed by atoms with van der Waals surface area (Å²) in [6, 6.07) is 3.92. The molecule has 0 aromatic heterocycles. The first-order valence-corrected chi connectivity index (χ1v) is 7.41. The van der Waals surface area contributed by atoms with Gasteiger partial charge in [0.15, 0.2) is 6.10 Å². The summed E-state index contributed by atoms with van der Waals surface area (Å²) in [5, 5.41) is 2.93. The molecule has 0 saturated carbocycles. The van der Waals surface area contributed by atoms with Crippen LogP contribution in [-0.4, -0.2) is 18.1 Å². The van der Waals surface area contributed by atoms with Crippen molar-refractivity contribution in [3.8, 4) is 5.75 Å². The second kappa shape index (κ2) is 7.98. The van der Waals surface area contributed by atoms with Gasteiger partial charge in [0.2, 0.25) is 0 Å². The number of hydrogen-bond acceptors (Lipinski definition) is 3. The number of rotatable bonds is 7. The van der Waals surface area contributed by atoms with Gasteiger partial charge in [-0.25, -0.2) is 4.39 Å². The molecule has 0 aliphatic rings. The van der Waals surface area contributed by atoms with Crippen LogP contribution in [-0.2, 0) is 4.79 Å². The summed E-state index contributed by atoms with van der Waals surface area (Å²) in [7, 11) is 0. The van der Waals surface area contributed by atoms with Crippen molar-refractivity contribution in [1.82, 2.24) is 5.32 Å². The van der Waals surface area contributed by atoms with Crippen LogP contribution in [0, 0.1) is 5.82 Å². The van der Waals surface area contributed by atoms with E-state index in [0.29, 0.717) is 11.3 Å². The van der Waals surface area contributed by atoms with Gasteiger partial charge in [-0.1, -0.05) is 13.8 Å². The summed E-state index contributed by atoms with van der Waals surface area (Å²) in [6.45, 7) is 7.46. The lowest BCUT2D eigenvalue weighted by atomic mass is 10.1. The Morgan fingerprint density at radius 2 is 1.95 bits per heavy atom. The molecule has 1 amide bonds. The van der Waals surface area contributed by atoms with E-state index in [-0.39, 0.29) is 23.8 Å². The van der Waals surface area contributed by atoms with E-state index in [0.717, 1.165) is 12.8 Å². The van der Waals surface area contributed by atoms with Crippen molar-refractivity contribution in [2.75, 3.05) is 0 Å². The minimum atomic E-state index is -0.659. The third kappa shape index (κ3) is 5.01. The van der Waals surface area contributed by atoms with Crippen LogP contribution in [0.25, 0.3) is 0 Å². The summed E-state index contributed by atoms with van der Waals surface area (Å²) < 4.78 is 18.9. The first-order chi connectivity index (χ1) is 9.88. The quantitative estimate of drug-likeness (QED) is 0.813. The zero-order valence-electron chi connectivity index (χ0n) is 13.2. The van der Waals surface area contributed by atoms with Crippen molar-refractivity contribution in [2.24, 2.45) is 5.73 Å². The van der Waals surface area contributed by atoms with E-state index < -0.39 is 6.10 Å². The molecule has 4 nitrogen and oxygen atoms in total. The standard InChI is InChI=1S/C16H25FN2O2/c1-5-13(6-2)19-16(20)11(4)21-15-8-7-12(17)9-14(15)10(3)18/h7-11,13H,5-6,18H2,1-4H3,(H,19,20)/t10-,11?/m1/s1. The molecule has 1 rings (SSSR count). The van der Waals surface area contributed by atoms with Gasteiger partial charge in [0.1, 0.15) is 11.6 Å². The molecule has 1 unspecified atom stereocenters. The third-order valence-electron chi connectivity index (χ3n) is 3.47. The molecule has 5 heteroatoms. The molecule has 0 heterocycles. The van der Waals surface area contributed by atoms with Crippen LogP contribution in [0.1, 0.15) is 52.1 Å². The SMILES string of the molecule is CCC(CC)NC(=O)C(C)Oc1ccc(F)cc1[C@@H](C)N. The lowest BCUT2D eigenvalue weighted by Crippen LogP contribution is -2.42. The lowest BCUT2D eigenvalue weighted by molar-refractivity contribution is -0.128. The summed E-state index contributed by atoms with van der Waals surface area (Å²) in [5.74, 6) is -0.106. The van der Waals surface area contributed by atoms with E-state index in [4.69, 9.17) is 10.5 Å². The molecule has 0 aliphatic carbocycles. The van der Waals surface area contributed by atoms with Gasteiger partial charge in [-0.05, 0) is 44.9 Å². The van der Waals surface area contributed by atoms with E-state index >= 15 is 0 Å². The second-order valence-corrected chi connectivity index (χ2v) is 5.25. The molecular formula is C16H25FN2O2. The Kier molecular flexibility index (Phi) is 6.62. The van der Waals surface area contributed by atoms with E-state index in [9.17, 15) is 9.18 Å². The maximum atomic E-state index is 13.3. The molecule has 0 spiro atoms. The average molecular weight is 296 g/mol. The van der Waals surface area contributed by atoms with Gasteiger partial charge >= 0.3 is 0 Å². The fraction of sp³-hybridized carbons (Fsp3) is 0.562. The number of nitrogens with one attached hydrogen (secondary N) is 1. The number of ether oxygens (including phenoxy) is 1. The number of carbonyl (C=O) groups excluding carboxylic acids is 1.